The SMILES string of the molecule is Cc1ccc(S(=O)(=O)OC[C@H](C)CCC[C@@H](C)[C@H]2C(=O)C[C@H]3[C@@H]4CC=C5C[C@@H](O)CC[C@]5(C)[C@H]4CC[C@]23C)cc1. The first-order valence-corrected chi connectivity index (χ1v) is 17.1. The zero-order valence-electron chi connectivity index (χ0n) is 25.2. The number of aryl methyl sites for hydroxylation is 1. The lowest BCUT2D eigenvalue weighted by atomic mass is 9.47. The van der Waals surface area contributed by atoms with Gasteiger partial charge in [0.2, 0.25) is 0 Å². The van der Waals surface area contributed by atoms with Gasteiger partial charge in [0.15, 0.2) is 0 Å². The molecule has 0 unspecified atom stereocenters. The average molecular weight is 571 g/mol. The van der Waals surface area contributed by atoms with Crippen LogP contribution in [0.1, 0.15) is 97.5 Å². The smallest absolute Gasteiger partial charge is 0.296 e. The number of rotatable bonds is 9. The van der Waals surface area contributed by atoms with Gasteiger partial charge >= 0.3 is 0 Å². The molecule has 5 rings (SSSR count). The van der Waals surface area contributed by atoms with Gasteiger partial charge in [0, 0.05) is 12.3 Å². The number of ketones is 1. The molecular weight excluding hydrogens is 520 g/mol. The van der Waals surface area contributed by atoms with Crippen LogP contribution in [-0.4, -0.2) is 32.0 Å². The summed E-state index contributed by atoms with van der Waals surface area (Å²) >= 11 is 0. The summed E-state index contributed by atoms with van der Waals surface area (Å²) < 4.78 is 30.5. The number of allylic oxidation sites excluding steroid dienone is 1. The van der Waals surface area contributed by atoms with Gasteiger partial charge in [-0.15, -0.1) is 0 Å². The van der Waals surface area contributed by atoms with Gasteiger partial charge in [-0.2, -0.15) is 8.42 Å². The van der Waals surface area contributed by atoms with Crippen LogP contribution in [0.25, 0.3) is 0 Å². The van der Waals surface area contributed by atoms with Crippen molar-refractivity contribution in [1.29, 1.82) is 0 Å². The van der Waals surface area contributed by atoms with Crippen molar-refractivity contribution >= 4 is 15.9 Å². The van der Waals surface area contributed by atoms with Crippen LogP contribution in [0.15, 0.2) is 40.8 Å². The van der Waals surface area contributed by atoms with Crippen molar-refractivity contribution in [3.8, 4) is 0 Å². The minimum absolute atomic E-state index is 0.0738. The molecule has 0 amide bonds. The number of hydrogen-bond acceptors (Lipinski definition) is 5. The molecule has 3 saturated carbocycles. The molecule has 1 aromatic rings. The highest BCUT2D eigenvalue weighted by Crippen LogP contribution is 2.66. The van der Waals surface area contributed by atoms with Crippen molar-refractivity contribution in [2.75, 3.05) is 6.61 Å². The van der Waals surface area contributed by atoms with E-state index in [9.17, 15) is 18.3 Å². The van der Waals surface area contributed by atoms with Crippen molar-refractivity contribution in [3.05, 3.63) is 41.5 Å². The third-order valence-electron chi connectivity index (χ3n) is 11.7. The second-order valence-corrected chi connectivity index (χ2v) is 16.0. The zero-order chi connectivity index (χ0) is 28.9. The molecule has 0 aliphatic heterocycles. The zero-order valence-corrected chi connectivity index (χ0v) is 26.0. The molecule has 4 aliphatic carbocycles. The Morgan fingerprint density at radius 2 is 1.75 bits per heavy atom. The Kier molecular flexibility index (Phi) is 8.47. The molecule has 1 aromatic carbocycles. The highest BCUT2D eigenvalue weighted by atomic mass is 32.2. The van der Waals surface area contributed by atoms with Crippen LogP contribution in [0, 0.1) is 53.3 Å². The van der Waals surface area contributed by atoms with Gasteiger partial charge in [-0.05, 0) is 111 Å². The molecule has 0 bridgehead atoms. The quantitative estimate of drug-likeness (QED) is 0.250. The number of Topliss-reactive ketones (excluding diaryl/α,β-unsaturated/α-hetero) is 1. The van der Waals surface area contributed by atoms with E-state index >= 15 is 0 Å². The van der Waals surface area contributed by atoms with Gasteiger partial charge < -0.3 is 5.11 Å². The van der Waals surface area contributed by atoms with Crippen molar-refractivity contribution < 1.29 is 22.5 Å². The molecule has 6 heteroatoms. The number of carbonyl (C=O) groups is 1. The van der Waals surface area contributed by atoms with Crippen LogP contribution in [0.4, 0.5) is 0 Å². The van der Waals surface area contributed by atoms with Gasteiger partial charge in [0.05, 0.1) is 17.6 Å². The number of fused-ring (bicyclic) bond motifs is 5. The first kappa shape index (κ1) is 30.0. The van der Waals surface area contributed by atoms with Crippen molar-refractivity contribution in [2.45, 2.75) is 110 Å². The van der Waals surface area contributed by atoms with Gasteiger partial charge in [0.25, 0.3) is 10.1 Å². The monoisotopic (exact) mass is 570 g/mol. The van der Waals surface area contributed by atoms with Crippen LogP contribution in [-0.2, 0) is 19.1 Å². The van der Waals surface area contributed by atoms with Crippen LogP contribution in [0.5, 0.6) is 0 Å². The maximum absolute atomic E-state index is 13.6. The highest BCUT2D eigenvalue weighted by molar-refractivity contribution is 7.86. The molecule has 3 fully saturated rings. The second-order valence-electron chi connectivity index (χ2n) is 14.4. The Balaban J connectivity index is 1.16. The van der Waals surface area contributed by atoms with Gasteiger partial charge in [-0.1, -0.05) is 63.5 Å². The minimum atomic E-state index is -3.74. The summed E-state index contributed by atoms with van der Waals surface area (Å²) in [6, 6.07) is 6.76. The molecule has 5 nitrogen and oxygen atoms in total. The molecular formula is C34H50O5S. The lowest BCUT2D eigenvalue weighted by Gasteiger charge is -2.58. The topological polar surface area (TPSA) is 80.7 Å². The van der Waals surface area contributed by atoms with Crippen molar-refractivity contribution in [3.63, 3.8) is 0 Å². The fraction of sp³-hybridized carbons (Fsp3) is 0.735. The predicted molar refractivity (Wildman–Crippen MR) is 158 cm³/mol. The molecule has 222 valence electrons. The molecule has 1 N–H and O–H groups in total. The van der Waals surface area contributed by atoms with E-state index in [2.05, 4.69) is 26.8 Å². The molecule has 0 heterocycles. The largest absolute Gasteiger partial charge is 0.393 e. The Labute approximate surface area is 242 Å². The average Bonchev–Trinajstić information content (AvgIpc) is 3.18. The predicted octanol–water partition coefficient (Wildman–Crippen LogP) is 7.26. The van der Waals surface area contributed by atoms with Gasteiger partial charge in [0.1, 0.15) is 5.78 Å². The van der Waals surface area contributed by atoms with E-state index in [1.165, 1.54) is 12.0 Å². The van der Waals surface area contributed by atoms with E-state index in [4.69, 9.17) is 4.18 Å². The number of benzene rings is 1. The fourth-order valence-electron chi connectivity index (χ4n) is 9.46. The summed E-state index contributed by atoms with van der Waals surface area (Å²) in [6.07, 6.45) is 12.0. The maximum Gasteiger partial charge on any atom is 0.296 e. The van der Waals surface area contributed by atoms with Crippen LogP contribution in [0.2, 0.25) is 0 Å². The van der Waals surface area contributed by atoms with Crippen LogP contribution in [0.3, 0.4) is 0 Å². The molecule has 40 heavy (non-hydrogen) atoms. The third-order valence-corrected chi connectivity index (χ3v) is 13.0. The lowest BCUT2D eigenvalue weighted by Crippen LogP contribution is -2.51. The number of aliphatic hydroxyl groups excluding tert-OH is 1. The summed E-state index contributed by atoms with van der Waals surface area (Å²) in [4.78, 5) is 13.8. The summed E-state index contributed by atoms with van der Waals surface area (Å²) in [6.45, 7) is 11.3. The highest BCUT2D eigenvalue weighted by Gasteiger charge is 2.61. The van der Waals surface area contributed by atoms with Gasteiger partial charge in [-0.3, -0.25) is 8.98 Å². The maximum atomic E-state index is 13.6. The van der Waals surface area contributed by atoms with E-state index in [-0.39, 0.29) is 40.3 Å². The van der Waals surface area contributed by atoms with Gasteiger partial charge in [-0.25, -0.2) is 0 Å². The first-order chi connectivity index (χ1) is 18.8. The molecule has 0 saturated heterocycles. The molecule has 0 aromatic heterocycles. The van der Waals surface area contributed by atoms with E-state index < -0.39 is 10.1 Å². The fourth-order valence-corrected chi connectivity index (χ4v) is 10.5. The Morgan fingerprint density at radius 1 is 1.02 bits per heavy atom. The molecule has 9 atom stereocenters. The minimum Gasteiger partial charge on any atom is -0.393 e. The number of hydrogen-bond donors (Lipinski definition) is 1. The summed E-state index contributed by atoms with van der Waals surface area (Å²) in [5.74, 6) is 2.74. The van der Waals surface area contributed by atoms with E-state index in [0.717, 1.165) is 63.4 Å². The van der Waals surface area contributed by atoms with E-state index in [0.29, 0.717) is 29.5 Å². The van der Waals surface area contributed by atoms with Crippen molar-refractivity contribution in [2.24, 2.45) is 46.3 Å². The Hall–Kier alpha value is -1.50. The standard InChI is InChI=1S/C34H50O5S/c1-22-9-12-27(13-10-22)40(37,38)39-21-23(2)7-6-8-24(3)32-31(36)20-30-28-14-11-25-19-26(35)15-17-33(25,4)29(28)16-18-34(30,32)5/h9-13,23-24,26,28-30,32,35H,6-8,14-21H2,1-5H3/t23-,24-,26+,28-,29+,30+,32+,33+,34+/m1/s1. The number of aliphatic hydroxyl groups is 1. The lowest BCUT2D eigenvalue weighted by molar-refractivity contribution is -0.124. The summed E-state index contributed by atoms with van der Waals surface area (Å²) in [5.41, 5.74) is 2.76. The molecule has 0 radical (unpaired) electrons. The summed E-state index contributed by atoms with van der Waals surface area (Å²) in [7, 11) is -3.74. The summed E-state index contributed by atoms with van der Waals surface area (Å²) in [5, 5.41) is 10.3. The van der Waals surface area contributed by atoms with Crippen LogP contribution < -0.4 is 0 Å². The first-order valence-electron chi connectivity index (χ1n) is 15.7. The van der Waals surface area contributed by atoms with E-state index in [1.54, 1.807) is 24.3 Å². The Bertz CT molecular complexity index is 1220. The van der Waals surface area contributed by atoms with E-state index in [1.807, 2.05) is 13.8 Å². The molecule has 4 aliphatic rings. The van der Waals surface area contributed by atoms with Crippen molar-refractivity contribution in [1.82, 2.24) is 0 Å². The number of carbonyl (C=O) groups excluding carboxylic acids is 1. The Morgan fingerprint density at radius 3 is 2.48 bits per heavy atom. The van der Waals surface area contributed by atoms with Crippen LogP contribution >= 0.6 is 0 Å². The normalized spacial score (nSPS) is 37.2. The third kappa shape index (κ3) is 5.49. The second kappa shape index (κ2) is 11.3. The molecule has 0 spiro atoms.